The SMILES string of the molecule is Bc1c(B)c(B)c(-c2ccc3c(c2)oc2cccc(-c4c5ccccc5c(-c5c(B)c(B)c(B)c(B)c5B)c5ccccc45)c23)c(B)c1B. The number of hydrogen-bond acceptors (Lipinski definition) is 1. The summed E-state index contributed by atoms with van der Waals surface area (Å²) in [4.78, 5) is 0. The van der Waals surface area contributed by atoms with Gasteiger partial charge in [0.25, 0.3) is 0 Å². The van der Waals surface area contributed by atoms with Crippen molar-refractivity contribution in [1.29, 1.82) is 0 Å². The summed E-state index contributed by atoms with van der Waals surface area (Å²) in [6.45, 7) is 0. The highest BCUT2D eigenvalue weighted by molar-refractivity contribution is 6.70. The minimum absolute atomic E-state index is 0.920. The first-order valence-corrected chi connectivity index (χ1v) is 17.5. The molecule has 0 spiro atoms. The molecule has 0 unspecified atom stereocenters. The van der Waals surface area contributed by atoms with E-state index in [4.69, 9.17) is 4.42 Å². The Balaban J connectivity index is 1.45. The molecule has 8 aromatic rings. The normalized spacial score (nSPS) is 11.7. The predicted octanol–water partition coefficient (Wildman–Crippen LogP) is -6.52. The third-order valence-corrected chi connectivity index (χ3v) is 12.2. The topological polar surface area (TPSA) is 13.1 Å². The van der Waals surface area contributed by atoms with E-state index < -0.39 is 0 Å². The first-order chi connectivity index (χ1) is 23.5. The van der Waals surface area contributed by atoms with Crippen LogP contribution < -0.4 is 54.6 Å². The summed E-state index contributed by atoms with van der Waals surface area (Å²) >= 11 is 0. The number of furan rings is 1. The van der Waals surface area contributed by atoms with Gasteiger partial charge in [-0.3, -0.25) is 0 Å². The van der Waals surface area contributed by atoms with Gasteiger partial charge in [0.15, 0.2) is 0 Å². The van der Waals surface area contributed by atoms with Crippen LogP contribution in [0, 0.1) is 0 Å². The molecule has 0 atom stereocenters. The molecule has 0 saturated carbocycles. The van der Waals surface area contributed by atoms with Crippen LogP contribution in [0.3, 0.4) is 0 Å². The van der Waals surface area contributed by atoms with E-state index in [2.05, 4.69) is 163 Å². The number of rotatable bonds is 3. The molecule has 1 aromatic heterocycles. The van der Waals surface area contributed by atoms with Crippen LogP contribution in [-0.4, -0.2) is 78.5 Å². The maximum Gasteiger partial charge on any atom is 0.139 e. The van der Waals surface area contributed by atoms with Gasteiger partial charge >= 0.3 is 0 Å². The predicted molar refractivity (Wildman–Crippen MR) is 247 cm³/mol. The van der Waals surface area contributed by atoms with Crippen molar-refractivity contribution in [1.82, 2.24) is 0 Å². The van der Waals surface area contributed by atoms with Crippen molar-refractivity contribution in [2.45, 2.75) is 0 Å². The number of fused-ring (bicyclic) bond motifs is 5. The summed E-state index contributed by atoms with van der Waals surface area (Å²) in [7, 11) is 22.7. The lowest BCUT2D eigenvalue weighted by molar-refractivity contribution is 0.669. The highest BCUT2D eigenvalue weighted by Gasteiger charge is 2.23. The fourth-order valence-corrected chi connectivity index (χ4v) is 8.69. The van der Waals surface area contributed by atoms with Gasteiger partial charge in [0, 0.05) is 10.8 Å². The smallest absolute Gasteiger partial charge is 0.139 e. The fourth-order valence-electron chi connectivity index (χ4n) is 8.69. The van der Waals surface area contributed by atoms with Crippen molar-refractivity contribution >= 4 is 177 Å². The summed E-state index contributed by atoms with van der Waals surface area (Å²) < 4.78 is 6.73. The van der Waals surface area contributed by atoms with Crippen molar-refractivity contribution in [3.8, 4) is 33.4 Å². The fraction of sp³-hybridized carbons (Fsp3) is 0. The minimum Gasteiger partial charge on any atom is -0.456 e. The van der Waals surface area contributed by atoms with Crippen LogP contribution in [0.4, 0.5) is 0 Å². The molecule has 0 saturated heterocycles. The molecule has 8 rings (SSSR count). The van der Waals surface area contributed by atoms with Crippen LogP contribution in [0.2, 0.25) is 0 Å². The Morgan fingerprint density at radius 1 is 0.327 bits per heavy atom. The van der Waals surface area contributed by atoms with Crippen LogP contribution in [0.15, 0.2) is 89.3 Å². The molecule has 49 heavy (non-hydrogen) atoms. The second-order valence-corrected chi connectivity index (χ2v) is 14.3. The van der Waals surface area contributed by atoms with Gasteiger partial charge in [-0.2, -0.15) is 0 Å². The molecule has 1 heterocycles. The van der Waals surface area contributed by atoms with E-state index in [0.717, 1.165) is 16.6 Å². The Morgan fingerprint density at radius 3 is 1.29 bits per heavy atom. The second kappa shape index (κ2) is 11.5. The molecule has 1 nitrogen and oxygen atoms in total. The van der Waals surface area contributed by atoms with E-state index in [1.165, 1.54) is 115 Å². The van der Waals surface area contributed by atoms with E-state index in [1.54, 1.807) is 0 Å². The van der Waals surface area contributed by atoms with E-state index in [-0.39, 0.29) is 0 Å². The Labute approximate surface area is 298 Å². The lowest BCUT2D eigenvalue weighted by atomic mass is 9.59. The van der Waals surface area contributed by atoms with E-state index in [0.29, 0.717) is 0 Å². The largest absolute Gasteiger partial charge is 0.456 e. The van der Waals surface area contributed by atoms with Crippen LogP contribution in [0.25, 0.3) is 76.9 Å². The first kappa shape index (κ1) is 31.8. The zero-order valence-electron chi connectivity index (χ0n) is 30.5. The molecular weight excluding hydrogens is 581 g/mol. The van der Waals surface area contributed by atoms with Crippen LogP contribution in [0.1, 0.15) is 0 Å². The highest BCUT2D eigenvalue weighted by atomic mass is 16.3. The molecule has 0 amide bonds. The molecule has 0 aliphatic heterocycles. The van der Waals surface area contributed by atoms with Crippen molar-refractivity contribution in [2.24, 2.45) is 0 Å². The van der Waals surface area contributed by atoms with E-state index in [1.807, 2.05) is 0 Å². The van der Waals surface area contributed by atoms with Crippen molar-refractivity contribution in [3.63, 3.8) is 0 Å². The quantitative estimate of drug-likeness (QED) is 0.143. The highest BCUT2D eigenvalue weighted by Crippen LogP contribution is 2.46. The maximum absolute atomic E-state index is 6.73. The third kappa shape index (κ3) is 4.54. The third-order valence-electron chi connectivity index (χ3n) is 12.2. The molecule has 222 valence electrons. The summed E-state index contributed by atoms with van der Waals surface area (Å²) in [6, 6.07) is 31.4. The summed E-state index contributed by atoms with van der Waals surface area (Å²) in [5, 5.41) is 7.42. The number of hydrogen-bond donors (Lipinski definition) is 0. The second-order valence-electron chi connectivity index (χ2n) is 14.3. The van der Waals surface area contributed by atoms with Crippen LogP contribution >= 0.6 is 0 Å². The molecule has 0 aliphatic carbocycles. The molecule has 0 fully saturated rings. The van der Waals surface area contributed by atoms with E-state index >= 15 is 0 Å². The standard InChI is InChI=1S/C38H34B10O/c39-29-24(30(40)34(44)37(47)33(29)43)15-12-13-20-23(14-15)49-22-11-5-10-21(26(20)22)25-16-6-1-3-8-18(16)27(19-9-4-2-7-17(19)25)28-31(41)35(45)38(48)36(46)32(28)42/h1-14H,39-48H2. The van der Waals surface area contributed by atoms with Crippen LogP contribution in [-0.2, 0) is 0 Å². The molecule has 7 aromatic carbocycles. The summed E-state index contributed by atoms with van der Waals surface area (Å²) in [6.07, 6.45) is 0. The summed E-state index contributed by atoms with van der Waals surface area (Å²) in [5.74, 6) is 0. The molecule has 0 bridgehead atoms. The molecule has 0 N–H and O–H groups in total. The van der Waals surface area contributed by atoms with Crippen LogP contribution in [0.5, 0.6) is 0 Å². The van der Waals surface area contributed by atoms with Gasteiger partial charge in [0.2, 0.25) is 0 Å². The van der Waals surface area contributed by atoms with Gasteiger partial charge in [0.05, 0.1) is 0 Å². The number of benzene rings is 7. The van der Waals surface area contributed by atoms with E-state index in [9.17, 15) is 0 Å². The molecule has 0 aliphatic rings. The molecule has 0 radical (unpaired) electrons. The van der Waals surface area contributed by atoms with Gasteiger partial charge in [0.1, 0.15) is 89.6 Å². The van der Waals surface area contributed by atoms with Gasteiger partial charge in [-0.15, -0.1) is 32.8 Å². The van der Waals surface area contributed by atoms with Crippen molar-refractivity contribution in [3.05, 3.63) is 84.9 Å². The average molecular weight is 615 g/mol. The first-order valence-electron chi connectivity index (χ1n) is 17.5. The van der Waals surface area contributed by atoms with Gasteiger partial charge in [-0.25, -0.2) is 0 Å². The summed E-state index contributed by atoms with van der Waals surface area (Å²) in [5.41, 5.74) is 23.3. The Morgan fingerprint density at radius 2 is 0.776 bits per heavy atom. The monoisotopic (exact) mass is 616 g/mol. The zero-order valence-corrected chi connectivity index (χ0v) is 30.5. The average Bonchev–Trinajstić information content (AvgIpc) is 3.50. The van der Waals surface area contributed by atoms with Crippen molar-refractivity contribution < 1.29 is 4.42 Å². The van der Waals surface area contributed by atoms with Gasteiger partial charge < -0.3 is 4.42 Å². The maximum atomic E-state index is 6.73. The molecular formula is C38H34B10O. The Hall–Kier alpha value is -4.49. The minimum atomic E-state index is 0.920. The zero-order chi connectivity index (χ0) is 34.5. The van der Waals surface area contributed by atoms with Crippen molar-refractivity contribution in [2.75, 3.05) is 0 Å². The van der Waals surface area contributed by atoms with Gasteiger partial charge in [-0.05, 0) is 73.1 Å². The Bertz CT molecular complexity index is 2620. The van der Waals surface area contributed by atoms with Gasteiger partial charge in [-0.1, -0.05) is 88.6 Å². The molecule has 11 heteroatoms. The lowest BCUT2D eigenvalue weighted by Crippen LogP contribution is -2.55. The Kier molecular flexibility index (Phi) is 7.49. The lowest BCUT2D eigenvalue weighted by Gasteiger charge is -2.24.